The lowest BCUT2D eigenvalue weighted by molar-refractivity contribution is -0.123. The third-order valence-electron chi connectivity index (χ3n) is 5.31. The van der Waals surface area contributed by atoms with Crippen LogP contribution in [0.5, 0.6) is 0 Å². The van der Waals surface area contributed by atoms with Crippen molar-refractivity contribution in [3.05, 3.63) is 29.8 Å². The van der Waals surface area contributed by atoms with E-state index in [4.69, 9.17) is 0 Å². The Balaban J connectivity index is 2.11. The van der Waals surface area contributed by atoms with Gasteiger partial charge >= 0.3 is 0 Å². The predicted molar refractivity (Wildman–Crippen MR) is 80.1 cm³/mol. The number of benzene rings is 1. The summed E-state index contributed by atoms with van der Waals surface area (Å²) in [6.45, 7) is 11.0. The first-order valence-electron chi connectivity index (χ1n) is 7.11. The molecular formula is C17H25NO. The molecule has 0 aliphatic heterocycles. The molecule has 1 amide bonds. The van der Waals surface area contributed by atoms with E-state index in [9.17, 15) is 4.79 Å². The minimum atomic E-state index is 0.0434. The average Bonchev–Trinajstić information content (AvgIpc) is 2.52. The van der Waals surface area contributed by atoms with Gasteiger partial charge in [0.05, 0.1) is 0 Å². The molecule has 2 rings (SSSR count). The lowest BCUT2D eigenvalue weighted by Gasteiger charge is -2.38. The summed E-state index contributed by atoms with van der Waals surface area (Å²) in [4.78, 5) is 12.5. The Morgan fingerprint density at radius 3 is 2.21 bits per heavy atom. The highest BCUT2D eigenvalue weighted by Gasteiger charge is 2.51. The second-order valence-corrected chi connectivity index (χ2v) is 7.05. The summed E-state index contributed by atoms with van der Waals surface area (Å²) in [5.74, 6) is 0.267. The van der Waals surface area contributed by atoms with E-state index in [-0.39, 0.29) is 22.7 Å². The Kier molecular flexibility index (Phi) is 3.46. The van der Waals surface area contributed by atoms with E-state index in [1.54, 1.807) is 0 Å². The van der Waals surface area contributed by atoms with Crippen LogP contribution in [0.3, 0.4) is 0 Å². The molecule has 1 N–H and O–H groups in total. The summed E-state index contributed by atoms with van der Waals surface area (Å²) in [6, 6.07) is 8.00. The minimum absolute atomic E-state index is 0.0434. The molecule has 1 fully saturated rings. The monoisotopic (exact) mass is 259 g/mol. The topological polar surface area (TPSA) is 29.1 Å². The molecule has 0 saturated heterocycles. The van der Waals surface area contributed by atoms with Crippen molar-refractivity contribution in [2.24, 2.45) is 16.7 Å². The number of hydrogen-bond acceptors (Lipinski definition) is 1. The van der Waals surface area contributed by atoms with Gasteiger partial charge in [-0.2, -0.15) is 0 Å². The van der Waals surface area contributed by atoms with Crippen molar-refractivity contribution in [3.63, 3.8) is 0 Å². The lowest BCUT2D eigenvalue weighted by atomic mass is 9.67. The number of hydrogen-bond donors (Lipinski definition) is 1. The highest BCUT2D eigenvalue weighted by molar-refractivity contribution is 5.93. The molecule has 1 saturated carbocycles. The summed E-state index contributed by atoms with van der Waals surface area (Å²) in [7, 11) is 0. The zero-order valence-electron chi connectivity index (χ0n) is 12.7. The molecule has 1 aliphatic carbocycles. The van der Waals surface area contributed by atoms with Gasteiger partial charge in [0.15, 0.2) is 0 Å². The first-order valence-corrected chi connectivity index (χ1v) is 7.11. The largest absolute Gasteiger partial charge is 0.326 e. The molecule has 19 heavy (non-hydrogen) atoms. The summed E-state index contributed by atoms with van der Waals surface area (Å²) < 4.78 is 0. The lowest BCUT2D eigenvalue weighted by Crippen LogP contribution is -2.37. The van der Waals surface area contributed by atoms with Crippen molar-refractivity contribution in [1.82, 2.24) is 0 Å². The van der Waals surface area contributed by atoms with Gasteiger partial charge in [-0.05, 0) is 42.7 Å². The highest BCUT2D eigenvalue weighted by atomic mass is 16.1. The molecule has 1 aromatic rings. The fraction of sp³-hybridized carbons (Fsp3) is 0.588. The molecule has 1 aliphatic rings. The molecule has 2 nitrogen and oxygen atoms in total. The molecule has 104 valence electrons. The first kappa shape index (κ1) is 14.1. The fourth-order valence-electron chi connectivity index (χ4n) is 2.98. The number of amides is 1. The molecule has 2 heteroatoms. The predicted octanol–water partition coefficient (Wildman–Crippen LogP) is 4.40. The van der Waals surface area contributed by atoms with Crippen molar-refractivity contribution >= 4 is 11.6 Å². The normalized spacial score (nSPS) is 24.2. The van der Waals surface area contributed by atoms with Crippen LogP contribution < -0.4 is 5.32 Å². The van der Waals surface area contributed by atoms with Gasteiger partial charge in [-0.25, -0.2) is 0 Å². The molecule has 0 heterocycles. The number of nitrogens with one attached hydrogen (secondary N) is 1. The van der Waals surface area contributed by atoms with E-state index >= 15 is 0 Å². The van der Waals surface area contributed by atoms with Gasteiger partial charge < -0.3 is 5.32 Å². The molecule has 1 atom stereocenters. The Morgan fingerprint density at radius 1 is 1.16 bits per heavy atom. The van der Waals surface area contributed by atoms with Crippen LogP contribution in [0.2, 0.25) is 0 Å². The second-order valence-electron chi connectivity index (χ2n) is 7.05. The van der Waals surface area contributed by atoms with Crippen LogP contribution in [-0.2, 0) is 4.79 Å². The number of carbonyl (C=O) groups excluding carboxylic acids is 1. The van der Waals surface area contributed by atoms with Gasteiger partial charge in [0, 0.05) is 11.6 Å². The van der Waals surface area contributed by atoms with Gasteiger partial charge in [0.2, 0.25) is 5.91 Å². The quantitative estimate of drug-likeness (QED) is 0.838. The third kappa shape index (κ3) is 2.54. The Morgan fingerprint density at radius 2 is 1.74 bits per heavy atom. The van der Waals surface area contributed by atoms with Gasteiger partial charge in [0.1, 0.15) is 0 Å². The van der Waals surface area contributed by atoms with Gasteiger partial charge in [-0.1, -0.05) is 45.4 Å². The number of rotatable bonds is 2. The maximum Gasteiger partial charge on any atom is 0.228 e. The molecule has 0 aromatic heterocycles. The van der Waals surface area contributed by atoms with Gasteiger partial charge in [-0.3, -0.25) is 4.79 Å². The van der Waals surface area contributed by atoms with Crippen LogP contribution >= 0.6 is 0 Å². The number of anilines is 1. The van der Waals surface area contributed by atoms with E-state index in [0.29, 0.717) is 0 Å². The summed E-state index contributed by atoms with van der Waals surface area (Å²) >= 11 is 0. The Bertz CT molecular complexity index is 471. The van der Waals surface area contributed by atoms with Crippen LogP contribution in [0.15, 0.2) is 24.3 Å². The van der Waals surface area contributed by atoms with E-state index in [2.05, 4.69) is 33.0 Å². The van der Waals surface area contributed by atoms with Crippen LogP contribution in [0.1, 0.15) is 46.1 Å². The van der Waals surface area contributed by atoms with Crippen molar-refractivity contribution in [1.29, 1.82) is 0 Å². The maximum atomic E-state index is 12.5. The molecule has 1 unspecified atom stereocenters. The highest BCUT2D eigenvalue weighted by Crippen LogP contribution is 2.55. The third-order valence-corrected chi connectivity index (χ3v) is 5.31. The fourth-order valence-corrected chi connectivity index (χ4v) is 2.98. The van der Waals surface area contributed by atoms with Crippen LogP contribution in [0, 0.1) is 23.7 Å². The van der Waals surface area contributed by atoms with Gasteiger partial charge in [0.25, 0.3) is 0 Å². The molecule has 0 radical (unpaired) electrons. The van der Waals surface area contributed by atoms with Crippen molar-refractivity contribution in [3.8, 4) is 0 Å². The van der Waals surface area contributed by atoms with Crippen LogP contribution in [0.4, 0.5) is 5.69 Å². The maximum absolute atomic E-state index is 12.5. The van der Waals surface area contributed by atoms with Crippen LogP contribution in [-0.4, -0.2) is 5.91 Å². The van der Waals surface area contributed by atoms with E-state index in [1.807, 2.05) is 31.2 Å². The standard InChI is InChI=1S/C17H25NO/c1-12-6-8-13(9-7-12)18-15(19)14-10-11-16(2,3)17(14,4)5/h6-9,14H,10-11H2,1-5H3,(H,18,19). The van der Waals surface area contributed by atoms with Crippen molar-refractivity contribution < 1.29 is 4.79 Å². The van der Waals surface area contributed by atoms with Gasteiger partial charge in [-0.15, -0.1) is 0 Å². The molecule has 1 aromatic carbocycles. The zero-order chi connectivity index (χ0) is 14.3. The Hall–Kier alpha value is -1.31. The number of carbonyl (C=O) groups is 1. The van der Waals surface area contributed by atoms with E-state index in [1.165, 1.54) is 5.56 Å². The van der Waals surface area contributed by atoms with Crippen molar-refractivity contribution in [2.75, 3.05) is 5.32 Å². The smallest absolute Gasteiger partial charge is 0.228 e. The molecular weight excluding hydrogens is 234 g/mol. The Labute approximate surface area is 116 Å². The minimum Gasteiger partial charge on any atom is -0.326 e. The van der Waals surface area contributed by atoms with Crippen molar-refractivity contribution in [2.45, 2.75) is 47.5 Å². The molecule has 0 spiro atoms. The molecule has 0 bridgehead atoms. The second kappa shape index (κ2) is 4.66. The summed E-state index contributed by atoms with van der Waals surface area (Å²) in [6.07, 6.45) is 2.10. The summed E-state index contributed by atoms with van der Waals surface area (Å²) in [5, 5.41) is 3.07. The van der Waals surface area contributed by atoms with E-state index < -0.39 is 0 Å². The summed E-state index contributed by atoms with van der Waals surface area (Å²) in [5.41, 5.74) is 2.38. The average molecular weight is 259 g/mol. The zero-order valence-corrected chi connectivity index (χ0v) is 12.7. The van der Waals surface area contributed by atoms with Crippen LogP contribution in [0.25, 0.3) is 0 Å². The first-order chi connectivity index (χ1) is 8.74. The van der Waals surface area contributed by atoms with E-state index in [0.717, 1.165) is 18.5 Å². The number of aryl methyl sites for hydroxylation is 1. The SMILES string of the molecule is Cc1ccc(NC(=O)C2CCC(C)(C)C2(C)C)cc1.